The molecule has 7 nitrogen and oxygen atoms in total. The predicted molar refractivity (Wildman–Crippen MR) is 89.4 cm³/mol. The molecule has 0 spiro atoms. The van der Waals surface area contributed by atoms with E-state index in [1.54, 1.807) is 0 Å². The van der Waals surface area contributed by atoms with E-state index in [-0.39, 0.29) is 18.2 Å². The molecule has 0 bridgehead atoms. The Balaban J connectivity index is 1.75. The maximum absolute atomic E-state index is 12.1. The first-order valence-electron chi connectivity index (χ1n) is 8.57. The average molecular weight is 329 g/mol. The minimum absolute atomic E-state index is 0.152. The first-order valence-corrected chi connectivity index (χ1v) is 8.57. The molecule has 7 heteroatoms. The Bertz CT molecular complexity index is 782. The summed E-state index contributed by atoms with van der Waals surface area (Å²) in [4.78, 5) is 16.5. The lowest BCUT2D eigenvalue weighted by atomic mass is 9.82. The van der Waals surface area contributed by atoms with E-state index in [2.05, 4.69) is 15.4 Å². The van der Waals surface area contributed by atoms with E-state index >= 15 is 0 Å². The molecule has 1 atom stereocenters. The molecule has 0 aromatic carbocycles. The minimum atomic E-state index is -0.227. The quantitative estimate of drug-likeness (QED) is 0.741. The van der Waals surface area contributed by atoms with Crippen molar-refractivity contribution < 1.29 is 5.11 Å². The van der Waals surface area contributed by atoms with Gasteiger partial charge in [-0.2, -0.15) is 5.26 Å². The molecule has 3 N–H and O–H groups in total. The standard InChI is InChI=1S/C17H23N5O2/c18-9-13-10-20-22-16(24)8-14(21-17(13)22)11-19-15(6-7-23)12-4-2-1-3-5-12/h8,10,12,15,19-20,23H,1-7,11H2. The van der Waals surface area contributed by atoms with Crippen LogP contribution in [0.1, 0.15) is 49.8 Å². The van der Waals surface area contributed by atoms with Crippen molar-refractivity contribution in [1.82, 2.24) is 19.9 Å². The van der Waals surface area contributed by atoms with E-state index in [1.807, 2.05) is 6.07 Å². The van der Waals surface area contributed by atoms with Crippen LogP contribution in [0.5, 0.6) is 0 Å². The molecule has 2 aromatic heterocycles. The van der Waals surface area contributed by atoms with Crippen LogP contribution < -0.4 is 10.9 Å². The third kappa shape index (κ3) is 3.50. The fraction of sp³-hybridized carbons (Fsp3) is 0.588. The van der Waals surface area contributed by atoms with Gasteiger partial charge in [-0.3, -0.25) is 9.89 Å². The molecule has 0 saturated heterocycles. The summed E-state index contributed by atoms with van der Waals surface area (Å²) in [7, 11) is 0. The molecule has 1 unspecified atom stereocenters. The normalized spacial score (nSPS) is 17.0. The van der Waals surface area contributed by atoms with Gasteiger partial charge in [0.2, 0.25) is 0 Å². The van der Waals surface area contributed by atoms with E-state index < -0.39 is 0 Å². The molecule has 1 aliphatic carbocycles. The molecule has 1 aliphatic rings. The van der Waals surface area contributed by atoms with Crippen LogP contribution in [0, 0.1) is 17.2 Å². The Morgan fingerprint density at radius 1 is 1.46 bits per heavy atom. The van der Waals surface area contributed by atoms with Crippen LogP contribution in [0.15, 0.2) is 17.1 Å². The van der Waals surface area contributed by atoms with Gasteiger partial charge in [0.15, 0.2) is 5.65 Å². The van der Waals surface area contributed by atoms with Crippen LogP contribution in [0.25, 0.3) is 5.65 Å². The van der Waals surface area contributed by atoms with Gasteiger partial charge in [0, 0.05) is 31.5 Å². The van der Waals surface area contributed by atoms with E-state index in [1.165, 1.54) is 48.9 Å². The SMILES string of the molecule is N#Cc1c[nH]n2c(=O)cc(CNC(CCO)C3CCCCC3)nc12. The Morgan fingerprint density at radius 2 is 2.25 bits per heavy atom. The molecule has 24 heavy (non-hydrogen) atoms. The number of H-pyrrole nitrogens is 1. The number of nitriles is 1. The van der Waals surface area contributed by atoms with Gasteiger partial charge in [0.05, 0.1) is 5.69 Å². The zero-order valence-electron chi connectivity index (χ0n) is 13.7. The molecule has 0 amide bonds. The zero-order valence-corrected chi connectivity index (χ0v) is 13.7. The van der Waals surface area contributed by atoms with Crippen molar-refractivity contribution in [2.24, 2.45) is 5.92 Å². The monoisotopic (exact) mass is 329 g/mol. The number of nitrogens with zero attached hydrogens (tertiary/aromatic N) is 3. The van der Waals surface area contributed by atoms with Crippen LogP contribution in [0.2, 0.25) is 0 Å². The number of aromatic nitrogens is 3. The van der Waals surface area contributed by atoms with Gasteiger partial charge in [0.1, 0.15) is 11.6 Å². The highest BCUT2D eigenvalue weighted by atomic mass is 16.3. The third-order valence-corrected chi connectivity index (χ3v) is 4.88. The Labute approximate surface area is 140 Å². The first-order chi connectivity index (χ1) is 11.7. The molecule has 1 saturated carbocycles. The summed E-state index contributed by atoms with van der Waals surface area (Å²) in [6.07, 6.45) is 8.34. The number of rotatable bonds is 6. The molecule has 0 aliphatic heterocycles. The lowest BCUT2D eigenvalue weighted by molar-refractivity contribution is 0.205. The van der Waals surface area contributed by atoms with E-state index in [0.717, 1.165) is 0 Å². The van der Waals surface area contributed by atoms with Crippen LogP contribution in [-0.4, -0.2) is 32.4 Å². The van der Waals surface area contributed by atoms with Gasteiger partial charge < -0.3 is 10.4 Å². The second-order valence-electron chi connectivity index (χ2n) is 6.44. The number of aliphatic hydroxyl groups is 1. The predicted octanol–water partition coefficient (Wildman–Crippen LogP) is 1.32. The molecular formula is C17H23N5O2. The van der Waals surface area contributed by atoms with Gasteiger partial charge in [-0.15, -0.1) is 0 Å². The summed E-state index contributed by atoms with van der Waals surface area (Å²) in [5.74, 6) is 0.567. The largest absolute Gasteiger partial charge is 0.396 e. The van der Waals surface area contributed by atoms with Crippen molar-refractivity contribution >= 4 is 5.65 Å². The summed E-state index contributed by atoms with van der Waals surface area (Å²) in [6.45, 7) is 0.614. The molecule has 2 aromatic rings. The second kappa shape index (κ2) is 7.60. The average Bonchev–Trinajstić information content (AvgIpc) is 3.03. The molecule has 128 valence electrons. The van der Waals surface area contributed by atoms with E-state index in [4.69, 9.17) is 5.26 Å². The highest BCUT2D eigenvalue weighted by Gasteiger charge is 2.23. The topological polar surface area (TPSA) is 106 Å². The fourth-order valence-corrected chi connectivity index (χ4v) is 3.62. The molecule has 1 fully saturated rings. The minimum Gasteiger partial charge on any atom is -0.396 e. The molecule has 0 radical (unpaired) electrons. The highest BCUT2D eigenvalue weighted by Crippen LogP contribution is 2.27. The summed E-state index contributed by atoms with van der Waals surface area (Å²) in [5, 5.41) is 24.6. The van der Waals surface area contributed by atoms with E-state index in [0.29, 0.717) is 35.8 Å². The number of fused-ring (bicyclic) bond motifs is 1. The number of aromatic amines is 1. The second-order valence-corrected chi connectivity index (χ2v) is 6.44. The van der Waals surface area contributed by atoms with Crippen molar-refractivity contribution in [2.45, 2.75) is 51.1 Å². The third-order valence-electron chi connectivity index (χ3n) is 4.88. The van der Waals surface area contributed by atoms with Crippen molar-refractivity contribution in [3.8, 4) is 6.07 Å². The van der Waals surface area contributed by atoms with Gasteiger partial charge >= 0.3 is 0 Å². The number of hydrogen-bond donors (Lipinski definition) is 3. The van der Waals surface area contributed by atoms with Crippen LogP contribution in [0.3, 0.4) is 0 Å². The Morgan fingerprint density at radius 3 is 2.96 bits per heavy atom. The maximum Gasteiger partial charge on any atom is 0.272 e. The smallest absolute Gasteiger partial charge is 0.272 e. The highest BCUT2D eigenvalue weighted by molar-refractivity contribution is 5.53. The van der Waals surface area contributed by atoms with Gasteiger partial charge in [-0.05, 0) is 25.2 Å². The van der Waals surface area contributed by atoms with E-state index in [9.17, 15) is 9.90 Å². The van der Waals surface area contributed by atoms with Crippen LogP contribution in [0.4, 0.5) is 0 Å². The van der Waals surface area contributed by atoms with Crippen molar-refractivity contribution in [3.05, 3.63) is 33.9 Å². The van der Waals surface area contributed by atoms with Gasteiger partial charge in [0.25, 0.3) is 5.56 Å². The van der Waals surface area contributed by atoms with Crippen LogP contribution in [-0.2, 0) is 6.54 Å². The Kier molecular flexibility index (Phi) is 5.28. The fourth-order valence-electron chi connectivity index (χ4n) is 3.62. The maximum atomic E-state index is 12.1. The first kappa shape index (κ1) is 16.7. The van der Waals surface area contributed by atoms with Gasteiger partial charge in [-0.1, -0.05) is 19.3 Å². The number of aliphatic hydroxyl groups excluding tert-OH is 1. The van der Waals surface area contributed by atoms with Crippen molar-refractivity contribution in [3.63, 3.8) is 0 Å². The zero-order chi connectivity index (χ0) is 16.9. The number of nitrogens with one attached hydrogen (secondary N) is 2. The van der Waals surface area contributed by atoms with Crippen molar-refractivity contribution in [1.29, 1.82) is 5.26 Å². The summed E-state index contributed by atoms with van der Waals surface area (Å²) >= 11 is 0. The lowest BCUT2D eigenvalue weighted by Gasteiger charge is -2.30. The summed E-state index contributed by atoms with van der Waals surface area (Å²) in [5.41, 5.74) is 1.11. The molecule has 3 rings (SSSR count). The number of hydrogen-bond acceptors (Lipinski definition) is 5. The van der Waals surface area contributed by atoms with Crippen LogP contribution >= 0.6 is 0 Å². The molecular weight excluding hydrogens is 306 g/mol. The van der Waals surface area contributed by atoms with Gasteiger partial charge in [-0.25, -0.2) is 9.50 Å². The Hall–Kier alpha value is -2.17. The summed E-state index contributed by atoms with van der Waals surface area (Å²) < 4.78 is 1.27. The lowest BCUT2D eigenvalue weighted by Crippen LogP contribution is -2.38. The summed E-state index contributed by atoms with van der Waals surface area (Å²) in [6, 6.07) is 3.75. The van der Waals surface area contributed by atoms with Crippen molar-refractivity contribution in [2.75, 3.05) is 6.61 Å². The molecule has 2 heterocycles.